The zero-order chi connectivity index (χ0) is 20.3. The maximum absolute atomic E-state index is 12.8. The highest BCUT2D eigenvalue weighted by atomic mass is 16.5. The molecule has 0 aromatic heterocycles. The van der Waals surface area contributed by atoms with E-state index in [1.165, 1.54) is 18.1 Å². The number of carbonyl (C=O) groups excluding carboxylic acids is 2. The van der Waals surface area contributed by atoms with E-state index in [9.17, 15) is 9.59 Å². The van der Waals surface area contributed by atoms with E-state index in [-0.39, 0.29) is 23.5 Å². The number of likely N-dealkylation sites (tertiary alicyclic amines) is 1. The maximum atomic E-state index is 12.8. The lowest BCUT2D eigenvalue weighted by molar-refractivity contribution is -0.138. The summed E-state index contributed by atoms with van der Waals surface area (Å²) >= 11 is 0. The molecule has 2 heterocycles. The van der Waals surface area contributed by atoms with E-state index in [2.05, 4.69) is 29.6 Å². The van der Waals surface area contributed by atoms with Gasteiger partial charge in [-0.3, -0.25) is 9.59 Å². The van der Waals surface area contributed by atoms with Gasteiger partial charge in [-0.05, 0) is 48.9 Å². The molecule has 152 valence electrons. The Morgan fingerprint density at radius 2 is 1.76 bits per heavy atom. The summed E-state index contributed by atoms with van der Waals surface area (Å²) in [7, 11) is 0. The Kier molecular flexibility index (Phi) is 5.67. The predicted octanol–water partition coefficient (Wildman–Crippen LogP) is 3.29. The summed E-state index contributed by atoms with van der Waals surface area (Å²) in [6.45, 7) is 3.52. The molecule has 1 N–H and O–H groups in total. The molecule has 2 amide bonds. The topological polar surface area (TPSA) is 58.6 Å². The fraction of sp³-hybridized carbons (Fsp3) is 0.417. The van der Waals surface area contributed by atoms with Gasteiger partial charge in [-0.2, -0.15) is 0 Å². The molecular formula is C24H28N2O3. The molecule has 1 atom stereocenters. The van der Waals surface area contributed by atoms with Gasteiger partial charge in [-0.15, -0.1) is 0 Å². The van der Waals surface area contributed by atoms with E-state index < -0.39 is 0 Å². The number of piperidine rings is 1. The highest BCUT2D eigenvalue weighted by molar-refractivity contribution is 5.94. The van der Waals surface area contributed by atoms with Crippen LogP contribution in [0, 0.1) is 0 Å². The van der Waals surface area contributed by atoms with Gasteiger partial charge in [0.1, 0.15) is 0 Å². The summed E-state index contributed by atoms with van der Waals surface area (Å²) in [4.78, 5) is 26.0. The van der Waals surface area contributed by atoms with Crippen LogP contribution in [-0.4, -0.2) is 42.5 Å². The first-order chi connectivity index (χ1) is 14.1. The molecule has 2 aromatic rings. The average Bonchev–Trinajstić information content (AvgIpc) is 2.74. The number of carbonyl (C=O) groups is 2. The van der Waals surface area contributed by atoms with Crippen LogP contribution in [0.15, 0.2) is 54.6 Å². The van der Waals surface area contributed by atoms with Crippen molar-refractivity contribution in [3.8, 4) is 0 Å². The minimum atomic E-state index is -0.344. The molecule has 1 fully saturated rings. The van der Waals surface area contributed by atoms with Crippen molar-refractivity contribution in [2.75, 3.05) is 19.6 Å². The number of nitrogens with one attached hydrogen (secondary N) is 1. The van der Waals surface area contributed by atoms with Crippen LogP contribution < -0.4 is 5.32 Å². The van der Waals surface area contributed by atoms with Gasteiger partial charge in [0, 0.05) is 32.1 Å². The van der Waals surface area contributed by atoms with Gasteiger partial charge in [-0.25, -0.2) is 0 Å². The minimum Gasteiger partial charge on any atom is -0.367 e. The lowest BCUT2D eigenvalue weighted by Gasteiger charge is -2.47. The zero-order valence-electron chi connectivity index (χ0n) is 16.9. The standard InChI is InChI=1S/C24H28N2O3/c1-18(27)25-14-11-21-17-20-9-5-6-10-22(20)24(29-21)12-15-26(16-13-24)23(28)19-7-3-2-4-8-19/h2-10,21H,11-17H2,1H3,(H,25,27). The fourth-order valence-electron chi connectivity index (χ4n) is 4.60. The van der Waals surface area contributed by atoms with E-state index in [0.717, 1.165) is 31.2 Å². The number of hydrogen-bond donors (Lipinski definition) is 1. The second-order valence-electron chi connectivity index (χ2n) is 8.03. The van der Waals surface area contributed by atoms with Crippen LogP contribution in [0.5, 0.6) is 0 Å². The maximum Gasteiger partial charge on any atom is 0.253 e. The van der Waals surface area contributed by atoms with Crippen molar-refractivity contribution in [2.45, 2.75) is 44.3 Å². The number of rotatable bonds is 4. The van der Waals surface area contributed by atoms with Crippen molar-refractivity contribution in [2.24, 2.45) is 0 Å². The van der Waals surface area contributed by atoms with E-state index in [4.69, 9.17) is 4.74 Å². The number of fused-ring (bicyclic) bond motifs is 2. The molecular weight excluding hydrogens is 364 g/mol. The molecule has 1 unspecified atom stereocenters. The molecule has 2 aromatic carbocycles. The first-order valence-corrected chi connectivity index (χ1v) is 10.4. The SMILES string of the molecule is CC(=O)NCCC1Cc2ccccc2C2(CCN(C(=O)c3ccccc3)CC2)O1. The van der Waals surface area contributed by atoms with Crippen LogP contribution in [0.25, 0.3) is 0 Å². The Labute approximate surface area is 172 Å². The first kappa shape index (κ1) is 19.6. The lowest BCUT2D eigenvalue weighted by atomic mass is 9.77. The Morgan fingerprint density at radius 1 is 1.07 bits per heavy atom. The third kappa shape index (κ3) is 4.20. The number of benzene rings is 2. The van der Waals surface area contributed by atoms with Gasteiger partial charge in [0.25, 0.3) is 5.91 Å². The normalized spacial score (nSPS) is 20.2. The monoisotopic (exact) mass is 392 g/mol. The van der Waals surface area contributed by atoms with Crippen LogP contribution in [-0.2, 0) is 21.6 Å². The molecule has 0 radical (unpaired) electrons. The Morgan fingerprint density at radius 3 is 2.48 bits per heavy atom. The summed E-state index contributed by atoms with van der Waals surface area (Å²) in [5.41, 5.74) is 2.99. The number of hydrogen-bond acceptors (Lipinski definition) is 3. The van der Waals surface area contributed by atoms with Gasteiger partial charge in [-0.1, -0.05) is 42.5 Å². The molecule has 2 aliphatic rings. The highest BCUT2D eigenvalue weighted by Gasteiger charge is 2.44. The van der Waals surface area contributed by atoms with Crippen molar-refractivity contribution in [3.63, 3.8) is 0 Å². The first-order valence-electron chi connectivity index (χ1n) is 10.4. The van der Waals surface area contributed by atoms with E-state index in [1.54, 1.807) is 0 Å². The molecule has 2 aliphatic heterocycles. The van der Waals surface area contributed by atoms with Crippen molar-refractivity contribution in [3.05, 3.63) is 71.3 Å². The Bertz CT molecular complexity index is 873. The number of amides is 2. The van der Waals surface area contributed by atoms with Gasteiger partial charge in [0.2, 0.25) is 5.91 Å². The molecule has 5 heteroatoms. The van der Waals surface area contributed by atoms with Crippen LogP contribution >= 0.6 is 0 Å². The largest absolute Gasteiger partial charge is 0.367 e. The Hall–Kier alpha value is -2.66. The van der Waals surface area contributed by atoms with Gasteiger partial charge in [0.15, 0.2) is 0 Å². The van der Waals surface area contributed by atoms with Gasteiger partial charge < -0.3 is 15.0 Å². The third-order valence-corrected chi connectivity index (χ3v) is 6.07. The van der Waals surface area contributed by atoms with Gasteiger partial charge in [0.05, 0.1) is 11.7 Å². The van der Waals surface area contributed by atoms with Crippen molar-refractivity contribution in [1.82, 2.24) is 10.2 Å². The smallest absolute Gasteiger partial charge is 0.253 e. The minimum absolute atomic E-state index is 0.0105. The lowest BCUT2D eigenvalue weighted by Crippen LogP contribution is -2.50. The summed E-state index contributed by atoms with van der Waals surface area (Å²) in [5.74, 6) is 0.0791. The van der Waals surface area contributed by atoms with Crippen LogP contribution in [0.4, 0.5) is 0 Å². The molecule has 0 saturated carbocycles. The van der Waals surface area contributed by atoms with E-state index in [1.807, 2.05) is 35.2 Å². The van der Waals surface area contributed by atoms with Crippen molar-refractivity contribution < 1.29 is 14.3 Å². The Balaban J connectivity index is 1.49. The van der Waals surface area contributed by atoms with Crippen LogP contribution in [0.3, 0.4) is 0 Å². The molecule has 1 spiro atoms. The van der Waals surface area contributed by atoms with Crippen molar-refractivity contribution in [1.29, 1.82) is 0 Å². The second kappa shape index (κ2) is 8.37. The number of nitrogens with zero attached hydrogens (tertiary/aromatic N) is 1. The van der Waals surface area contributed by atoms with E-state index in [0.29, 0.717) is 19.6 Å². The summed E-state index contributed by atoms with van der Waals surface area (Å²) < 4.78 is 6.67. The zero-order valence-corrected chi connectivity index (χ0v) is 16.9. The summed E-state index contributed by atoms with van der Waals surface area (Å²) in [6.07, 6.45) is 3.32. The molecule has 5 nitrogen and oxygen atoms in total. The third-order valence-electron chi connectivity index (χ3n) is 6.07. The molecule has 4 rings (SSSR count). The molecule has 0 bridgehead atoms. The van der Waals surface area contributed by atoms with E-state index >= 15 is 0 Å². The fourth-order valence-corrected chi connectivity index (χ4v) is 4.60. The molecule has 29 heavy (non-hydrogen) atoms. The summed E-state index contributed by atoms with van der Waals surface area (Å²) in [6, 6.07) is 18.0. The van der Waals surface area contributed by atoms with Crippen LogP contribution in [0.1, 0.15) is 47.7 Å². The number of ether oxygens (including phenoxy) is 1. The molecule has 1 saturated heterocycles. The highest BCUT2D eigenvalue weighted by Crippen LogP contribution is 2.44. The second-order valence-corrected chi connectivity index (χ2v) is 8.03. The average molecular weight is 392 g/mol. The van der Waals surface area contributed by atoms with Crippen molar-refractivity contribution >= 4 is 11.8 Å². The summed E-state index contributed by atoms with van der Waals surface area (Å²) in [5, 5.41) is 2.88. The molecule has 0 aliphatic carbocycles. The van der Waals surface area contributed by atoms with Gasteiger partial charge >= 0.3 is 0 Å². The quantitative estimate of drug-likeness (QED) is 0.869. The predicted molar refractivity (Wildman–Crippen MR) is 112 cm³/mol. The van der Waals surface area contributed by atoms with Crippen LogP contribution in [0.2, 0.25) is 0 Å².